The highest BCUT2D eigenvalue weighted by molar-refractivity contribution is 7.89. The zero-order chi connectivity index (χ0) is 24.0. The lowest BCUT2D eigenvalue weighted by Crippen LogP contribution is -2.49. The number of nitriles is 1. The first kappa shape index (κ1) is 13.8. The number of amides is 1. The van der Waals surface area contributed by atoms with E-state index in [0.29, 0.717) is 4.31 Å². The second-order valence-corrected chi connectivity index (χ2v) is 7.74. The van der Waals surface area contributed by atoms with Crippen LogP contribution in [-0.4, -0.2) is 38.2 Å². The normalized spacial score (nSPS) is 19.6. The molecule has 1 aliphatic heterocycles. The van der Waals surface area contributed by atoms with Crippen molar-refractivity contribution in [2.24, 2.45) is 0 Å². The van der Waals surface area contributed by atoms with E-state index in [-0.39, 0.29) is 12.1 Å². The van der Waals surface area contributed by atoms with Gasteiger partial charge in [0.2, 0.25) is 15.9 Å². The molecule has 0 aliphatic carbocycles. The molecule has 1 amide bonds. The molecule has 10 heteroatoms. The van der Waals surface area contributed by atoms with Gasteiger partial charge < -0.3 is 10.1 Å². The molecule has 27 heavy (non-hydrogen) atoms. The molecule has 1 fully saturated rings. The van der Waals surface area contributed by atoms with Gasteiger partial charge in [-0.15, -0.1) is 0 Å². The molecular weight excluding hydrogens is 413 g/mol. The van der Waals surface area contributed by atoms with Crippen molar-refractivity contribution in [3.8, 4) is 17.6 Å². The second-order valence-electron chi connectivity index (χ2n) is 5.15. The van der Waals surface area contributed by atoms with Gasteiger partial charge in [0.05, 0.1) is 25.0 Å². The van der Waals surface area contributed by atoms with Crippen LogP contribution in [0.25, 0.3) is 0 Å². The molecule has 1 N–H and O–H groups in total. The Balaban J connectivity index is 2.20. The van der Waals surface area contributed by atoms with Gasteiger partial charge in [-0.3, -0.25) is 4.79 Å². The number of ether oxygens (including phenoxy) is 1. The lowest BCUT2D eigenvalue weighted by Gasteiger charge is -2.26. The molecule has 3 rings (SSSR count). The number of rotatable bonds is 4. The van der Waals surface area contributed by atoms with E-state index in [1.54, 1.807) is 6.07 Å². The van der Waals surface area contributed by atoms with Gasteiger partial charge in [0.1, 0.15) is 16.4 Å². The predicted octanol–water partition coefficient (Wildman–Crippen LogP) is 2.78. The lowest BCUT2D eigenvalue weighted by atomic mass is 10.2. The Morgan fingerprint density at radius 1 is 1.30 bits per heavy atom. The molecule has 0 unspecified atom stereocenters. The predicted molar refractivity (Wildman–Crippen MR) is 99.5 cm³/mol. The number of carbonyl (C=O) groups excluding carboxylic acids is 1. The smallest absolute Gasteiger partial charge is 0.247 e. The molecule has 0 aromatic heterocycles. The molecule has 0 bridgehead atoms. The van der Waals surface area contributed by atoms with Gasteiger partial charge in [-0.05, 0) is 36.3 Å². The molecule has 1 saturated heterocycles. The maximum absolute atomic E-state index is 13.3. The number of hydrogen-bond donors (Lipinski definition) is 1. The van der Waals surface area contributed by atoms with Gasteiger partial charge >= 0.3 is 0 Å². The summed E-state index contributed by atoms with van der Waals surface area (Å²) in [7, 11) is -4.74. The van der Waals surface area contributed by atoms with E-state index in [1.807, 2.05) is 0 Å². The van der Waals surface area contributed by atoms with Crippen molar-refractivity contribution in [2.45, 2.75) is 4.90 Å². The van der Waals surface area contributed by atoms with E-state index in [1.165, 1.54) is 6.07 Å². The maximum atomic E-state index is 13.3. The number of halogens is 2. The number of sulfonamides is 1. The second kappa shape index (κ2) is 7.74. The average Bonchev–Trinajstić information content (AvgIpc) is 2.75. The highest BCUT2D eigenvalue weighted by Gasteiger charge is 2.32. The van der Waals surface area contributed by atoms with Gasteiger partial charge in [-0.2, -0.15) is 9.57 Å². The number of piperazine rings is 1. The molecule has 1 aliphatic rings. The van der Waals surface area contributed by atoms with Gasteiger partial charge in [-0.25, -0.2) is 8.42 Å². The summed E-state index contributed by atoms with van der Waals surface area (Å²) in [5.41, 5.74) is -0.104. The summed E-state index contributed by atoms with van der Waals surface area (Å²) in [5.74, 6) is -2.16. The zero-order valence-corrected chi connectivity index (χ0v) is 15.7. The van der Waals surface area contributed by atoms with Crippen LogP contribution in [0.1, 0.15) is 12.4 Å². The monoisotopic (exact) mass is 430 g/mol. The van der Waals surface area contributed by atoms with Crippen molar-refractivity contribution < 1.29 is 24.8 Å². The number of hydrogen-bond acceptors (Lipinski definition) is 5. The Bertz CT molecular complexity index is 1250. The summed E-state index contributed by atoms with van der Waals surface area (Å²) in [6.45, 7) is -3.46. The number of benzene rings is 2. The van der Waals surface area contributed by atoms with E-state index in [9.17, 15) is 18.5 Å². The average molecular weight is 431 g/mol. The third kappa shape index (κ3) is 4.34. The number of carbonyl (C=O) groups is 1. The van der Waals surface area contributed by atoms with E-state index >= 15 is 0 Å². The fourth-order valence-electron chi connectivity index (χ4n) is 2.19. The first-order chi connectivity index (χ1) is 14.8. The third-order valence-electron chi connectivity index (χ3n) is 3.35. The first-order valence-corrected chi connectivity index (χ1v) is 9.51. The van der Waals surface area contributed by atoms with Gasteiger partial charge in [-0.1, -0.05) is 23.2 Å². The number of nitrogens with one attached hydrogen (secondary N) is 1. The fraction of sp³-hybridized carbons (Fsp3) is 0.176. The van der Waals surface area contributed by atoms with E-state index in [4.69, 9.17) is 34.8 Å². The largest absolute Gasteiger partial charge is 0.456 e. The maximum Gasteiger partial charge on any atom is 0.247 e. The summed E-state index contributed by atoms with van der Waals surface area (Å²) in [5, 5.41) is 10.6. The highest BCUT2D eigenvalue weighted by Crippen LogP contribution is 2.34. The molecule has 0 atom stereocenters. The summed E-state index contributed by atoms with van der Waals surface area (Å²) in [6, 6.07) is 3.31. The Morgan fingerprint density at radius 3 is 2.67 bits per heavy atom. The standard InChI is InChI=1S/C17H13Cl2N3O4S/c18-12-6-13(19)8-14(7-12)26-15-2-1-11(9-20)5-16(15)27(24,25)22-4-3-21-17(23)10-22/h1-2,5-8H,3-4,10H2,(H,21,23)/i6D,7D,8D,10D2. The van der Waals surface area contributed by atoms with Gasteiger partial charge in [0.25, 0.3) is 0 Å². The Labute approximate surface area is 173 Å². The van der Waals surface area contributed by atoms with Crippen LogP contribution in [0, 0.1) is 11.3 Å². The van der Waals surface area contributed by atoms with Crippen LogP contribution in [0.2, 0.25) is 10.0 Å². The molecule has 0 saturated carbocycles. The van der Waals surface area contributed by atoms with Gasteiger partial charge in [0, 0.05) is 23.1 Å². The minimum atomic E-state index is -4.74. The summed E-state index contributed by atoms with van der Waals surface area (Å²) < 4.78 is 72.1. The molecule has 2 aromatic rings. The van der Waals surface area contributed by atoms with Crippen LogP contribution in [0.3, 0.4) is 0 Å². The van der Waals surface area contributed by atoms with Crippen molar-refractivity contribution in [3.63, 3.8) is 0 Å². The lowest BCUT2D eigenvalue weighted by molar-refractivity contribution is -0.122. The summed E-state index contributed by atoms with van der Waals surface area (Å²) >= 11 is 11.8. The fourth-order valence-corrected chi connectivity index (χ4v) is 4.01. The van der Waals surface area contributed by atoms with Crippen molar-refractivity contribution in [1.29, 1.82) is 5.26 Å². The molecule has 1 heterocycles. The molecule has 140 valence electrons. The summed E-state index contributed by atoms with van der Waals surface area (Å²) in [4.78, 5) is 11.3. The van der Waals surface area contributed by atoms with Crippen molar-refractivity contribution in [1.82, 2.24) is 9.62 Å². The van der Waals surface area contributed by atoms with Crippen LogP contribution in [-0.2, 0) is 14.8 Å². The Kier molecular flexibility index (Phi) is 3.96. The van der Waals surface area contributed by atoms with Crippen LogP contribution in [0.4, 0.5) is 0 Å². The Morgan fingerprint density at radius 2 is 2.00 bits per heavy atom. The van der Waals surface area contributed by atoms with E-state index < -0.39 is 73.5 Å². The highest BCUT2D eigenvalue weighted by atomic mass is 35.5. The van der Waals surface area contributed by atoms with Crippen LogP contribution >= 0.6 is 23.2 Å². The van der Waals surface area contributed by atoms with Crippen LogP contribution in [0.15, 0.2) is 41.2 Å². The van der Waals surface area contributed by atoms with Gasteiger partial charge in [0.15, 0.2) is 0 Å². The molecule has 7 nitrogen and oxygen atoms in total. The summed E-state index contributed by atoms with van der Waals surface area (Å²) in [6.07, 6.45) is 0. The zero-order valence-electron chi connectivity index (χ0n) is 18.3. The molecule has 2 aromatic carbocycles. The van der Waals surface area contributed by atoms with Crippen LogP contribution < -0.4 is 10.1 Å². The number of nitrogens with zero attached hydrogens (tertiary/aromatic N) is 2. The Hall–Kier alpha value is -2.31. The molecular formula is C17H13Cl2N3O4S. The first-order valence-electron chi connectivity index (χ1n) is 9.82. The third-order valence-corrected chi connectivity index (χ3v) is 5.45. The topological polar surface area (TPSA) is 99.5 Å². The minimum absolute atomic E-state index is 0.104. The molecule has 0 radical (unpaired) electrons. The molecule has 0 spiro atoms. The van der Waals surface area contributed by atoms with Crippen molar-refractivity contribution in [2.75, 3.05) is 19.6 Å². The van der Waals surface area contributed by atoms with E-state index in [2.05, 4.69) is 5.32 Å². The van der Waals surface area contributed by atoms with Crippen LogP contribution in [0.5, 0.6) is 11.5 Å². The van der Waals surface area contributed by atoms with Crippen molar-refractivity contribution >= 4 is 39.1 Å². The van der Waals surface area contributed by atoms with E-state index in [0.717, 1.165) is 12.1 Å². The minimum Gasteiger partial charge on any atom is -0.456 e. The van der Waals surface area contributed by atoms with Crippen molar-refractivity contribution in [3.05, 3.63) is 51.9 Å². The SMILES string of the molecule is [2H]c1c(Cl)c([2H])c(Oc2ccc(C#N)cc2S(=O)(=O)N2CCNC(=O)C2([2H])[2H])c([2H])c1Cl. The quantitative estimate of drug-likeness (QED) is 0.803.